The molecule has 0 aliphatic carbocycles. The van der Waals surface area contributed by atoms with E-state index in [-0.39, 0.29) is 18.3 Å². The number of benzene rings is 1. The largest absolute Gasteiger partial charge is 0.466 e. The maximum absolute atomic E-state index is 12.7. The first-order chi connectivity index (χ1) is 13.6. The standard InChI is InChI=1S/C23H34N2O3/c1-3-28-23(27)14-19-25(18-7-6-17-24-15-4-5-16-24)22(26)13-12-21-10-8-20(2)9-11-21/h8-13H,3-7,14-19H2,1-2H3/b13-12+. The Kier molecular flexibility index (Phi) is 9.77. The summed E-state index contributed by atoms with van der Waals surface area (Å²) in [5.74, 6) is -0.300. The first kappa shape index (κ1) is 22.2. The van der Waals surface area contributed by atoms with E-state index in [1.807, 2.05) is 37.3 Å². The van der Waals surface area contributed by atoms with E-state index in [0.29, 0.717) is 19.7 Å². The van der Waals surface area contributed by atoms with Crippen molar-refractivity contribution in [1.82, 2.24) is 9.80 Å². The highest BCUT2D eigenvalue weighted by Crippen LogP contribution is 2.10. The number of esters is 1. The second kappa shape index (κ2) is 12.3. The van der Waals surface area contributed by atoms with Gasteiger partial charge >= 0.3 is 5.97 Å². The highest BCUT2D eigenvalue weighted by molar-refractivity contribution is 5.92. The number of unbranched alkanes of at least 4 members (excludes halogenated alkanes) is 1. The normalized spacial score (nSPS) is 14.5. The number of likely N-dealkylation sites (tertiary alicyclic amines) is 1. The molecule has 1 fully saturated rings. The Hall–Kier alpha value is -2.14. The highest BCUT2D eigenvalue weighted by atomic mass is 16.5. The van der Waals surface area contributed by atoms with Gasteiger partial charge in [-0.1, -0.05) is 29.8 Å². The van der Waals surface area contributed by atoms with Crippen molar-refractivity contribution < 1.29 is 14.3 Å². The van der Waals surface area contributed by atoms with Crippen LogP contribution in [0.3, 0.4) is 0 Å². The van der Waals surface area contributed by atoms with E-state index in [9.17, 15) is 9.59 Å². The molecule has 1 heterocycles. The van der Waals surface area contributed by atoms with Crippen molar-refractivity contribution in [2.24, 2.45) is 0 Å². The number of ether oxygens (including phenoxy) is 1. The minimum Gasteiger partial charge on any atom is -0.466 e. The molecule has 1 aromatic carbocycles. The Morgan fingerprint density at radius 2 is 1.82 bits per heavy atom. The number of hydrogen-bond acceptors (Lipinski definition) is 4. The number of hydrogen-bond donors (Lipinski definition) is 0. The van der Waals surface area contributed by atoms with Crippen molar-refractivity contribution in [1.29, 1.82) is 0 Å². The summed E-state index contributed by atoms with van der Waals surface area (Å²) in [7, 11) is 0. The van der Waals surface area contributed by atoms with Gasteiger partial charge in [0.15, 0.2) is 0 Å². The molecular weight excluding hydrogens is 352 g/mol. The van der Waals surface area contributed by atoms with Crippen molar-refractivity contribution in [2.45, 2.75) is 46.0 Å². The predicted molar refractivity (Wildman–Crippen MR) is 113 cm³/mol. The van der Waals surface area contributed by atoms with Gasteiger partial charge in [-0.25, -0.2) is 0 Å². The van der Waals surface area contributed by atoms with Crippen molar-refractivity contribution in [3.8, 4) is 0 Å². The third-order valence-corrected chi connectivity index (χ3v) is 5.05. The van der Waals surface area contributed by atoms with E-state index in [1.165, 1.54) is 31.5 Å². The second-order valence-electron chi connectivity index (χ2n) is 7.38. The van der Waals surface area contributed by atoms with E-state index < -0.39 is 0 Å². The molecule has 5 nitrogen and oxygen atoms in total. The first-order valence-corrected chi connectivity index (χ1v) is 10.5. The molecule has 1 saturated heterocycles. The molecule has 28 heavy (non-hydrogen) atoms. The fraction of sp³-hybridized carbons (Fsp3) is 0.565. The smallest absolute Gasteiger partial charge is 0.307 e. The van der Waals surface area contributed by atoms with Gasteiger partial charge in [0.1, 0.15) is 0 Å². The summed E-state index contributed by atoms with van der Waals surface area (Å²) in [6, 6.07) is 8.05. The van der Waals surface area contributed by atoms with E-state index >= 15 is 0 Å². The van der Waals surface area contributed by atoms with Crippen LogP contribution in [0.25, 0.3) is 6.08 Å². The van der Waals surface area contributed by atoms with Crippen LogP contribution < -0.4 is 0 Å². The van der Waals surface area contributed by atoms with Gasteiger partial charge in [-0.3, -0.25) is 9.59 Å². The zero-order valence-corrected chi connectivity index (χ0v) is 17.4. The van der Waals surface area contributed by atoms with Gasteiger partial charge in [-0.05, 0) is 70.8 Å². The molecule has 1 aromatic rings. The Morgan fingerprint density at radius 1 is 1.11 bits per heavy atom. The van der Waals surface area contributed by atoms with Gasteiger partial charge in [-0.15, -0.1) is 0 Å². The molecular formula is C23H34N2O3. The molecule has 0 N–H and O–H groups in total. The number of amides is 1. The molecule has 0 unspecified atom stereocenters. The fourth-order valence-corrected chi connectivity index (χ4v) is 3.39. The summed E-state index contributed by atoms with van der Waals surface area (Å²) in [6.07, 6.45) is 8.31. The van der Waals surface area contributed by atoms with Gasteiger partial charge in [-0.2, -0.15) is 0 Å². The van der Waals surface area contributed by atoms with Gasteiger partial charge in [0.2, 0.25) is 5.91 Å². The molecule has 154 valence electrons. The minimum absolute atomic E-state index is 0.0500. The molecule has 0 aromatic heterocycles. The predicted octanol–water partition coefficient (Wildman–Crippen LogP) is 3.67. The third kappa shape index (κ3) is 8.26. The van der Waals surface area contributed by atoms with E-state index in [2.05, 4.69) is 4.90 Å². The molecule has 0 bridgehead atoms. The monoisotopic (exact) mass is 386 g/mol. The molecule has 1 aliphatic rings. The topological polar surface area (TPSA) is 49.9 Å². The zero-order valence-electron chi connectivity index (χ0n) is 17.4. The minimum atomic E-state index is -0.250. The van der Waals surface area contributed by atoms with Crippen LogP contribution in [-0.4, -0.2) is 61.0 Å². The first-order valence-electron chi connectivity index (χ1n) is 10.5. The lowest BCUT2D eigenvalue weighted by molar-refractivity contribution is -0.143. The SMILES string of the molecule is CCOC(=O)CCN(CCCCN1CCCC1)C(=O)/C=C/c1ccc(C)cc1. The molecule has 0 radical (unpaired) electrons. The maximum atomic E-state index is 12.7. The Bertz CT molecular complexity index is 634. The van der Waals surface area contributed by atoms with Crippen LogP contribution in [0, 0.1) is 6.92 Å². The highest BCUT2D eigenvalue weighted by Gasteiger charge is 2.14. The zero-order chi connectivity index (χ0) is 20.2. The van der Waals surface area contributed by atoms with Crippen molar-refractivity contribution >= 4 is 18.0 Å². The number of carbonyl (C=O) groups is 2. The Labute approximate surface area is 169 Å². The van der Waals surface area contributed by atoms with Crippen LogP contribution in [0.1, 0.15) is 50.2 Å². The van der Waals surface area contributed by atoms with Crippen LogP contribution in [0.4, 0.5) is 0 Å². The molecule has 0 saturated carbocycles. The second-order valence-corrected chi connectivity index (χ2v) is 7.38. The summed E-state index contributed by atoms with van der Waals surface area (Å²) in [5.41, 5.74) is 2.19. The quantitative estimate of drug-likeness (QED) is 0.331. The molecule has 0 atom stereocenters. The lowest BCUT2D eigenvalue weighted by Crippen LogP contribution is -2.33. The van der Waals surface area contributed by atoms with Gasteiger partial charge in [0, 0.05) is 19.2 Å². The summed E-state index contributed by atoms with van der Waals surface area (Å²) in [6.45, 7) is 8.77. The molecule has 1 aliphatic heterocycles. The van der Waals surface area contributed by atoms with E-state index in [1.54, 1.807) is 17.9 Å². The summed E-state index contributed by atoms with van der Waals surface area (Å²) >= 11 is 0. The van der Waals surface area contributed by atoms with Crippen molar-refractivity contribution in [2.75, 3.05) is 39.3 Å². The number of aryl methyl sites for hydroxylation is 1. The Balaban J connectivity index is 1.86. The van der Waals surface area contributed by atoms with Gasteiger partial charge in [0.25, 0.3) is 0 Å². The Morgan fingerprint density at radius 3 is 2.50 bits per heavy atom. The van der Waals surface area contributed by atoms with E-state index in [0.717, 1.165) is 24.9 Å². The average molecular weight is 387 g/mol. The average Bonchev–Trinajstić information content (AvgIpc) is 3.20. The van der Waals surface area contributed by atoms with Crippen LogP contribution in [0.15, 0.2) is 30.3 Å². The lowest BCUT2D eigenvalue weighted by atomic mass is 10.1. The number of nitrogens with zero attached hydrogens (tertiary/aromatic N) is 2. The van der Waals surface area contributed by atoms with Gasteiger partial charge in [0.05, 0.1) is 13.0 Å². The summed E-state index contributed by atoms with van der Waals surface area (Å²) in [4.78, 5) is 28.6. The third-order valence-electron chi connectivity index (χ3n) is 5.05. The molecule has 5 heteroatoms. The van der Waals surface area contributed by atoms with Crippen molar-refractivity contribution in [3.05, 3.63) is 41.5 Å². The molecule has 2 rings (SSSR count). The lowest BCUT2D eigenvalue weighted by Gasteiger charge is -2.22. The number of rotatable bonds is 11. The summed E-state index contributed by atoms with van der Waals surface area (Å²) in [5, 5.41) is 0. The van der Waals surface area contributed by atoms with Crippen LogP contribution in [-0.2, 0) is 14.3 Å². The fourth-order valence-electron chi connectivity index (χ4n) is 3.39. The van der Waals surface area contributed by atoms with Crippen molar-refractivity contribution in [3.63, 3.8) is 0 Å². The van der Waals surface area contributed by atoms with Crippen LogP contribution in [0.5, 0.6) is 0 Å². The van der Waals surface area contributed by atoms with Crippen LogP contribution >= 0.6 is 0 Å². The van der Waals surface area contributed by atoms with Crippen LogP contribution in [0.2, 0.25) is 0 Å². The number of carbonyl (C=O) groups excluding carboxylic acids is 2. The van der Waals surface area contributed by atoms with Gasteiger partial charge < -0.3 is 14.5 Å². The maximum Gasteiger partial charge on any atom is 0.307 e. The summed E-state index contributed by atoms with van der Waals surface area (Å²) < 4.78 is 5.00. The molecule has 0 spiro atoms. The van der Waals surface area contributed by atoms with E-state index in [4.69, 9.17) is 4.74 Å². The molecule has 1 amide bonds.